The van der Waals surface area contributed by atoms with Crippen molar-refractivity contribution < 1.29 is 13.2 Å². The smallest absolute Gasteiger partial charge is 0.300 e. The molecule has 2 nitrogen and oxygen atoms in total. The van der Waals surface area contributed by atoms with Crippen LogP contribution in [0, 0.1) is 5.41 Å². The number of hydrogen-bond acceptors (Lipinski definition) is 2. The van der Waals surface area contributed by atoms with E-state index < -0.39 is 12.7 Å². The second kappa shape index (κ2) is 3.88. The summed E-state index contributed by atoms with van der Waals surface area (Å²) in [6, 6.07) is 0.516. The van der Waals surface area contributed by atoms with E-state index in [1.807, 2.05) is 0 Å². The van der Waals surface area contributed by atoms with Crippen molar-refractivity contribution in [3.8, 4) is 0 Å². The molecule has 0 aromatic carbocycles. The van der Waals surface area contributed by atoms with Crippen LogP contribution in [0.5, 0.6) is 0 Å². The topological polar surface area (TPSA) is 6.48 Å². The molecule has 0 atom stereocenters. The maximum absolute atomic E-state index is 12.2. The van der Waals surface area contributed by atoms with Crippen LogP contribution in [0.4, 0.5) is 13.2 Å². The van der Waals surface area contributed by atoms with Gasteiger partial charge in [0.2, 0.25) is 0 Å². The van der Waals surface area contributed by atoms with Gasteiger partial charge < -0.3 is 0 Å². The van der Waals surface area contributed by atoms with Gasteiger partial charge in [-0.25, -0.2) is 0 Å². The molecular formula is C11H19F3N2. The van der Waals surface area contributed by atoms with Crippen molar-refractivity contribution in [1.29, 1.82) is 0 Å². The molecule has 2 saturated heterocycles. The minimum Gasteiger partial charge on any atom is -0.300 e. The molecule has 94 valence electrons. The zero-order valence-corrected chi connectivity index (χ0v) is 9.85. The van der Waals surface area contributed by atoms with Crippen LogP contribution in [0.1, 0.15) is 20.3 Å². The highest BCUT2D eigenvalue weighted by Crippen LogP contribution is 2.41. The van der Waals surface area contributed by atoms with E-state index in [0.29, 0.717) is 19.1 Å². The Morgan fingerprint density at radius 2 is 1.81 bits per heavy atom. The Balaban J connectivity index is 1.81. The van der Waals surface area contributed by atoms with Crippen LogP contribution in [0.3, 0.4) is 0 Å². The first-order chi connectivity index (χ1) is 7.30. The lowest BCUT2D eigenvalue weighted by Gasteiger charge is -2.50. The summed E-state index contributed by atoms with van der Waals surface area (Å²) >= 11 is 0. The zero-order chi connectivity index (χ0) is 12.0. The van der Waals surface area contributed by atoms with Gasteiger partial charge >= 0.3 is 6.18 Å². The second-order valence-electron chi connectivity index (χ2n) is 5.57. The second-order valence-corrected chi connectivity index (χ2v) is 5.57. The molecule has 2 fully saturated rings. The molecule has 0 amide bonds. The Kier molecular flexibility index (Phi) is 2.95. The summed E-state index contributed by atoms with van der Waals surface area (Å²) in [4.78, 5) is 3.88. The van der Waals surface area contributed by atoms with Crippen LogP contribution < -0.4 is 0 Å². The summed E-state index contributed by atoms with van der Waals surface area (Å²) in [5.41, 5.74) is 0.162. The van der Waals surface area contributed by atoms with Gasteiger partial charge in [-0.15, -0.1) is 0 Å². The minimum absolute atomic E-state index is 0.162. The summed E-state index contributed by atoms with van der Waals surface area (Å²) in [5.74, 6) is 0. The van der Waals surface area contributed by atoms with E-state index in [1.165, 1.54) is 0 Å². The van der Waals surface area contributed by atoms with E-state index in [4.69, 9.17) is 0 Å². The molecule has 1 spiro atoms. The van der Waals surface area contributed by atoms with E-state index in [2.05, 4.69) is 18.7 Å². The monoisotopic (exact) mass is 236 g/mol. The lowest BCUT2D eigenvalue weighted by molar-refractivity contribution is -0.145. The van der Waals surface area contributed by atoms with Crippen molar-refractivity contribution in [2.24, 2.45) is 5.41 Å². The average molecular weight is 236 g/mol. The molecule has 16 heavy (non-hydrogen) atoms. The number of rotatable bonds is 2. The van der Waals surface area contributed by atoms with Crippen molar-refractivity contribution in [2.75, 3.05) is 32.7 Å². The quantitative estimate of drug-likeness (QED) is 0.723. The van der Waals surface area contributed by atoms with E-state index in [-0.39, 0.29) is 5.41 Å². The van der Waals surface area contributed by atoms with E-state index in [9.17, 15) is 13.2 Å². The van der Waals surface area contributed by atoms with Crippen LogP contribution >= 0.6 is 0 Å². The number of nitrogens with zero attached hydrogens (tertiary/aromatic N) is 2. The van der Waals surface area contributed by atoms with Gasteiger partial charge in [-0.2, -0.15) is 13.2 Å². The van der Waals surface area contributed by atoms with Crippen LogP contribution in [0.2, 0.25) is 0 Å². The normalized spacial score (nSPS) is 26.6. The summed E-state index contributed by atoms with van der Waals surface area (Å²) in [6.07, 6.45) is -3.13. The molecule has 2 rings (SSSR count). The van der Waals surface area contributed by atoms with Crippen molar-refractivity contribution in [3.63, 3.8) is 0 Å². The fraction of sp³-hybridized carbons (Fsp3) is 1.00. The molecule has 0 aromatic heterocycles. The molecule has 0 bridgehead atoms. The highest BCUT2D eigenvalue weighted by molar-refractivity contribution is 5.02. The molecule has 0 N–H and O–H groups in total. The molecule has 2 aliphatic heterocycles. The van der Waals surface area contributed by atoms with Gasteiger partial charge in [0.1, 0.15) is 0 Å². The summed E-state index contributed by atoms with van der Waals surface area (Å²) < 4.78 is 36.7. The maximum atomic E-state index is 12.2. The first-order valence-corrected chi connectivity index (χ1v) is 5.83. The highest BCUT2D eigenvalue weighted by Gasteiger charge is 2.49. The van der Waals surface area contributed by atoms with Gasteiger partial charge in [0.05, 0.1) is 6.54 Å². The van der Waals surface area contributed by atoms with Crippen LogP contribution in [-0.2, 0) is 0 Å². The zero-order valence-electron chi connectivity index (χ0n) is 9.85. The van der Waals surface area contributed by atoms with Gasteiger partial charge in [0.15, 0.2) is 0 Å². The fourth-order valence-corrected chi connectivity index (χ4v) is 2.85. The van der Waals surface area contributed by atoms with Crippen molar-refractivity contribution in [3.05, 3.63) is 0 Å². The molecule has 5 heteroatoms. The van der Waals surface area contributed by atoms with Gasteiger partial charge in [0.25, 0.3) is 0 Å². The fourth-order valence-electron chi connectivity index (χ4n) is 2.85. The largest absolute Gasteiger partial charge is 0.401 e. The van der Waals surface area contributed by atoms with E-state index >= 15 is 0 Å². The predicted octanol–water partition coefficient (Wildman–Crippen LogP) is 1.96. The van der Waals surface area contributed by atoms with Gasteiger partial charge in [0, 0.05) is 31.1 Å². The molecule has 0 unspecified atom stereocenters. The third-order valence-corrected chi connectivity index (χ3v) is 3.73. The Hall–Kier alpha value is -0.290. The predicted molar refractivity (Wildman–Crippen MR) is 56.3 cm³/mol. The summed E-state index contributed by atoms with van der Waals surface area (Å²) in [5, 5.41) is 0. The number of alkyl halides is 3. The van der Waals surface area contributed by atoms with Crippen molar-refractivity contribution >= 4 is 0 Å². The Labute approximate surface area is 94.4 Å². The van der Waals surface area contributed by atoms with Gasteiger partial charge in [-0.1, -0.05) is 0 Å². The first kappa shape index (κ1) is 12.2. The third kappa shape index (κ3) is 2.51. The number of likely N-dealkylation sites (tertiary alicyclic amines) is 2. The third-order valence-electron chi connectivity index (χ3n) is 3.73. The lowest BCUT2D eigenvalue weighted by Crippen LogP contribution is -2.59. The maximum Gasteiger partial charge on any atom is 0.401 e. The molecule has 0 saturated carbocycles. The summed E-state index contributed by atoms with van der Waals surface area (Å²) in [7, 11) is 0. The lowest BCUT2D eigenvalue weighted by atomic mass is 9.78. The Morgan fingerprint density at radius 1 is 1.19 bits per heavy atom. The molecular weight excluding hydrogens is 217 g/mol. The van der Waals surface area contributed by atoms with Crippen molar-refractivity contribution in [1.82, 2.24) is 9.80 Å². The van der Waals surface area contributed by atoms with Crippen LogP contribution in [0.25, 0.3) is 0 Å². The van der Waals surface area contributed by atoms with Gasteiger partial charge in [-0.05, 0) is 26.8 Å². The molecule has 2 heterocycles. The standard InChI is InChI=1S/C11H19F3N2/c1-9(2)16-6-10(7-16)3-4-15(5-10)8-11(12,13)14/h9H,3-8H2,1-2H3. The molecule has 0 aliphatic carbocycles. The number of hydrogen-bond donors (Lipinski definition) is 0. The molecule has 0 radical (unpaired) electrons. The van der Waals surface area contributed by atoms with Gasteiger partial charge in [-0.3, -0.25) is 9.80 Å². The number of halogens is 3. The molecule has 2 aliphatic rings. The Bertz CT molecular complexity index is 256. The molecule has 0 aromatic rings. The van der Waals surface area contributed by atoms with Crippen LogP contribution in [-0.4, -0.2) is 54.7 Å². The SMILES string of the molecule is CC(C)N1CC2(CCN(CC(F)(F)F)C2)C1. The minimum atomic E-state index is -4.05. The van der Waals surface area contributed by atoms with Crippen molar-refractivity contribution in [2.45, 2.75) is 32.5 Å². The van der Waals surface area contributed by atoms with E-state index in [0.717, 1.165) is 19.5 Å². The van der Waals surface area contributed by atoms with Crippen LogP contribution in [0.15, 0.2) is 0 Å². The average Bonchev–Trinajstić information content (AvgIpc) is 2.42. The highest BCUT2D eigenvalue weighted by atomic mass is 19.4. The van der Waals surface area contributed by atoms with E-state index in [1.54, 1.807) is 4.90 Å². The Morgan fingerprint density at radius 3 is 2.31 bits per heavy atom. The summed E-state index contributed by atoms with van der Waals surface area (Å²) in [6.45, 7) is 6.69. The first-order valence-electron chi connectivity index (χ1n) is 5.83.